The number of amides is 1. The van der Waals surface area contributed by atoms with Gasteiger partial charge < -0.3 is 5.11 Å². The van der Waals surface area contributed by atoms with Gasteiger partial charge in [-0.15, -0.1) is 0 Å². The van der Waals surface area contributed by atoms with Crippen LogP contribution in [0.5, 0.6) is 0 Å². The second-order valence-corrected chi connectivity index (χ2v) is 5.10. The maximum Gasteiger partial charge on any atom is 0.327 e. The fourth-order valence-corrected chi connectivity index (χ4v) is 2.60. The van der Waals surface area contributed by atoms with Gasteiger partial charge in [0.05, 0.1) is 5.75 Å². The van der Waals surface area contributed by atoms with E-state index < -0.39 is 12.0 Å². The smallest absolute Gasteiger partial charge is 0.327 e. The highest BCUT2D eigenvalue weighted by Crippen LogP contribution is 2.26. The van der Waals surface area contributed by atoms with Crippen molar-refractivity contribution in [2.24, 2.45) is 5.92 Å². The number of carbonyl (C=O) groups excluding carboxylic acids is 1. The molecule has 1 fully saturated rings. The van der Waals surface area contributed by atoms with Crippen LogP contribution in [-0.4, -0.2) is 38.0 Å². The Morgan fingerprint density at radius 1 is 1.73 bits per heavy atom. The molecule has 15 heavy (non-hydrogen) atoms. The summed E-state index contributed by atoms with van der Waals surface area (Å²) in [6.45, 7) is 3.72. The number of carboxylic acid groups (broad SMARTS) is 1. The van der Waals surface area contributed by atoms with Crippen LogP contribution in [0.4, 0.5) is 0 Å². The van der Waals surface area contributed by atoms with E-state index >= 15 is 0 Å². The lowest BCUT2D eigenvalue weighted by atomic mass is 9.98. The van der Waals surface area contributed by atoms with Crippen molar-refractivity contribution in [1.29, 1.82) is 0 Å². The van der Waals surface area contributed by atoms with Crippen LogP contribution in [-0.2, 0) is 9.59 Å². The summed E-state index contributed by atoms with van der Waals surface area (Å²) in [5.41, 5.74) is 0. The molecule has 0 unspecified atom stereocenters. The maximum atomic E-state index is 11.5. The third kappa shape index (κ3) is 2.49. The van der Waals surface area contributed by atoms with Crippen molar-refractivity contribution >= 4 is 40.2 Å². The van der Waals surface area contributed by atoms with Gasteiger partial charge in [0.2, 0.25) is 5.91 Å². The molecule has 1 amide bonds. The number of carboxylic acids is 1. The van der Waals surface area contributed by atoms with Crippen LogP contribution in [0, 0.1) is 5.92 Å². The molecule has 1 aliphatic rings. The third-order valence-electron chi connectivity index (χ3n) is 2.50. The first-order valence-electron chi connectivity index (χ1n) is 4.70. The SMILES string of the molecule is CC[C@@H](C)[C@@H](C(=O)O)N1C(=O)CSC1=S. The van der Waals surface area contributed by atoms with E-state index in [9.17, 15) is 9.59 Å². The largest absolute Gasteiger partial charge is 0.480 e. The zero-order chi connectivity index (χ0) is 11.6. The molecule has 1 N–H and O–H groups in total. The van der Waals surface area contributed by atoms with E-state index in [1.165, 1.54) is 16.7 Å². The molecule has 0 saturated carbocycles. The van der Waals surface area contributed by atoms with E-state index in [0.29, 0.717) is 10.7 Å². The van der Waals surface area contributed by atoms with Gasteiger partial charge in [-0.25, -0.2) is 4.79 Å². The summed E-state index contributed by atoms with van der Waals surface area (Å²) in [6.07, 6.45) is 0.702. The molecule has 4 nitrogen and oxygen atoms in total. The van der Waals surface area contributed by atoms with Gasteiger partial charge in [0.15, 0.2) is 0 Å². The molecule has 0 radical (unpaired) electrons. The molecular formula is C9H13NO3S2. The highest BCUT2D eigenvalue weighted by atomic mass is 32.2. The van der Waals surface area contributed by atoms with Crippen molar-refractivity contribution in [3.8, 4) is 0 Å². The van der Waals surface area contributed by atoms with Crippen LogP contribution < -0.4 is 0 Å². The van der Waals surface area contributed by atoms with E-state index in [1.807, 2.05) is 13.8 Å². The number of aliphatic carboxylic acids is 1. The predicted molar refractivity (Wildman–Crippen MR) is 62.8 cm³/mol. The van der Waals surface area contributed by atoms with Crippen molar-refractivity contribution in [3.05, 3.63) is 0 Å². The van der Waals surface area contributed by atoms with Crippen molar-refractivity contribution in [3.63, 3.8) is 0 Å². The van der Waals surface area contributed by atoms with Crippen LogP contribution in [0.15, 0.2) is 0 Å². The van der Waals surface area contributed by atoms with Gasteiger partial charge in [0.1, 0.15) is 10.4 Å². The second kappa shape index (κ2) is 4.94. The summed E-state index contributed by atoms with van der Waals surface area (Å²) in [5.74, 6) is -1.01. The number of hydrogen-bond donors (Lipinski definition) is 1. The number of carbonyl (C=O) groups is 2. The van der Waals surface area contributed by atoms with Gasteiger partial charge in [-0.3, -0.25) is 9.69 Å². The summed E-state index contributed by atoms with van der Waals surface area (Å²) in [6, 6.07) is -0.815. The first kappa shape index (κ1) is 12.4. The van der Waals surface area contributed by atoms with Gasteiger partial charge in [-0.2, -0.15) is 0 Å². The zero-order valence-electron chi connectivity index (χ0n) is 8.60. The van der Waals surface area contributed by atoms with E-state index in [-0.39, 0.29) is 17.6 Å². The normalized spacial score (nSPS) is 20.5. The summed E-state index contributed by atoms with van der Waals surface area (Å²) in [7, 11) is 0. The van der Waals surface area contributed by atoms with Gasteiger partial charge in [0, 0.05) is 0 Å². The Morgan fingerprint density at radius 3 is 2.67 bits per heavy atom. The quantitative estimate of drug-likeness (QED) is 0.760. The number of hydrogen-bond acceptors (Lipinski definition) is 4. The Balaban J connectivity index is 2.93. The van der Waals surface area contributed by atoms with Crippen LogP contribution >= 0.6 is 24.0 Å². The van der Waals surface area contributed by atoms with Crippen molar-refractivity contribution < 1.29 is 14.7 Å². The molecule has 0 aromatic carbocycles. The monoisotopic (exact) mass is 247 g/mol. The Hall–Kier alpha value is -0.620. The fourth-order valence-electron chi connectivity index (χ4n) is 1.46. The maximum absolute atomic E-state index is 11.5. The summed E-state index contributed by atoms with van der Waals surface area (Å²) in [5, 5.41) is 9.11. The molecule has 1 heterocycles. The van der Waals surface area contributed by atoms with Gasteiger partial charge in [-0.05, 0) is 5.92 Å². The molecule has 1 saturated heterocycles. The number of rotatable bonds is 4. The molecule has 0 aromatic heterocycles. The Morgan fingerprint density at radius 2 is 2.33 bits per heavy atom. The summed E-state index contributed by atoms with van der Waals surface area (Å²) < 4.78 is 0.382. The number of thiocarbonyl (C=S) groups is 1. The molecule has 1 aliphatic heterocycles. The van der Waals surface area contributed by atoms with Crippen LogP contribution in [0.1, 0.15) is 20.3 Å². The number of thioether (sulfide) groups is 1. The van der Waals surface area contributed by atoms with E-state index in [1.54, 1.807) is 0 Å². The lowest BCUT2D eigenvalue weighted by molar-refractivity contribution is -0.147. The second-order valence-electron chi connectivity index (χ2n) is 3.49. The topological polar surface area (TPSA) is 57.6 Å². The predicted octanol–water partition coefficient (Wildman–Crippen LogP) is 1.35. The lowest BCUT2D eigenvalue weighted by Crippen LogP contribution is -2.47. The first-order chi connectivity index (χ1) is 6.99. The van der Waals surface area contributed by atoms with Crippen LogP contribution in [0.3, 0.4) is 0 Å². The molecule has 0 aromatic rings. The summed E-state index contributed by atoms with van der Waals surface area (Å²) >= 11 is 6.22. The first-order valence-corrected chi connectivity index (χ1v) is 6.10. The molecule has 2 atom stereocenters. The highest BCUT2D eigenvalue weighted by Gasteiger charge is 2.39. The number of nitrogens with zero attached hydrogens (tertiary/aromatic N) is 1. The van der Waals surface area contributed by atoms with Gasteiger partial charge in [0.25, 0.3) is 0 Å². The highest BCUT2D eigenvalue weighted by molar-refractivity contribution is 8.23. The molecule has 0 bridgehead atoms. The fraction of sp³-hybridized carbons (Fsp3) is 0.667. The Labute approximate surface area is 98.0 Å². The molecule has 0 aliphatic carbocycles. The average molecular weight is 247 g/mol. The Kier molecular flexibility index (Phi) is 4.10. The van der Waals surface area contributed by atoms with E-state index in [0.717, 1.165) is 0 Å². The van der Waals surface area contributed by atoms with E-state index in [2.05, 4.69) is 0 Å². The molecule has 1 rings (SSSR count). The standard InChI is InChI=1S/C9H13NO3S2/c1-3-5(2)7(8(12)13)10-6(11)4-15-9(10)14/h5,7H,3-4H2,1-2H3,(H,12,13)/t5-,7+/m1/s1. The minimum atomic E-state index is -0.984. The molecular weight excluding hydrogens is 234 g/mol. The van der Waals surface area contributed by atoms with Crippen molar-refractivity contribution in [2.75, 3.05) is 5.75 Å². The van der Waals surface area contributed by atoms with E-state index in [4.69, 9.17) is 17.3 Å². The van der Waals surface area contributed by atoms with Gasteiger partial charge >= 0.3 is 5.97 Å². The minimum Gasteiger partial charge on any atom is -0.480 e. The van der Waals surface area contributed by atoms with Crippen LogP contribution in [0.25, 0.3) is 0 Å². The van der Waals surface area contributed by atoms with Crippen molar-refractivity contribution in [2.45, 2.75) is 26.3 Å². The zero-order valence-corrected chi connectivity index (χ0v) is 10.2. The molecule has 6 heteroatoms. The van der Waals surface area contributed by atoms with Crippen molar-refractivity contribution in [1.82, 2.24) is 4.90 Å². The molecule has 84 valence electrons. The lowest BCUT2D eigenvalue weighted by Gasteiger charge is -2.27. The minimum absolute atomic E-state index is 0.0944. The van der Waals surface area contributed by atoms with Crippen LogP contribution in [0.2, 0.25) is 0 Å². The summed E-state index contributed by atoms with van der Waals surface area (Å²) in [4.78, 5) is 23.9. The molecule has 0 spiro atoms. The third-order valence-corrected chi connectivity index (χ3v) is 3.88. The van der Waals surface area contributed by atoms with Gasteiger partial charge in [-0.1, -0.05) is 44.2 Å². The Bertz CT molecular complexity index is 290. The average Bonchev–Trinajstić information content (AvgIpc) is 2.49.